The van der Waals surface area contributed by atoms with Gasteiger partial charge in [0.05, 0.1) is 0 Å². The molecule has 0 aliphatic heterocycles. The number of hydrogen-bond donors (Lipinski definition) is 0. The fourth-order valence-corrected chi connectivity index (χ4v) is 8.32. The summed E-state index contributed by atoms with van der Waals surface area (Å²) in [6.07, 6.45) is 3.71. The van der Waals surface area contributed by atoms with E-state index in [-0.39, 0.29) is 20.1 Å². The third kappa shape index (κ3) is 6.75. The number of nitrogens with zero attached hydrogens (tertiary/aromatic N) is 2. The first-order valence-corrected chi connectivity index (χ1v) is 21.2. The van der Waals surface area contributed by atoms with Gasteiger partial charge in [-0.25, -0.2) is 0 Å². The number of benzene rings is 3. The van der Waals surface area contributed by atoms with Gasteiger partial charge in [0, 0.05) is 26.3 Å². The summed E-state index contributed by atoms with van der Waals surface area (Å²) in [6.45, 7) is 4.45. The molecule has 2 nitrogen and oxygen atoms in total. The Balaban J connectivity index is 0.000000228. The van der Waals surface area contributed by atoms with Gasteiger partial charge < -0.3 is 4.98 Å². The average molecular weight is 766 g/mol. The van der Waals surface area contributed by atoms with Crippen LogP contribution in [0.2, 0.25) is 17.3 Å². The van der Waals surface area contributed by atoms with Crippen molar-refractivity contribution in [2.45, 2.75) is 37.0 Å². The van der Waals surface area contributed by atoms with Crippen LogP contribution in [0, 0.1) is 12.1 Å². The van der Waals surface area contributed by atoms with Crippen molar-refractivity contribution in [1.29, 1.82) is 0 Å². The summed E-state index contributed by atoms with van der Waals surface area (Å²) in [6, 6.07) is 36.0. The van der Waals surface area contributed by atoms with Crippen molar-refractivity contribution in [3.05, 3.63) is 115 Å². The first kappa shape index (κ1) is 29.4. The maximum atomic E-state index is 4.65. The minimum Gasteiger partial charge on any atom is -0.305 e. The Kier molecular flexibility index (Phi) is 9.56. The molecule has 0 atom stereocenters. The smallest absolute Gasteiger partial charge is 0.0160 e. The molecule has 6 aromatic rings. The van der Waals surface area contributed by atoms with Gasteiger partial charge in [0.15, 0.2) is 0 Å². The number of pyridine rings is 2. The molecule has 3 aromatic carbocycles. The molecule has 5 heteroatoms. The molecule has 0 spiro atoms. The Morgan fingerprint density at radius 2 is 1.54 bits per heavy atom. The predicted molar refractivity (Wildman–Crippen MR) is 167 cm³/mol. The van der Waals surface area contributed by atoms with Crippen LogP contribution in [0.1, 0.15) is 25.3 Å². The van der Waals surface area contributed by atoms with Gasteiger partial charge in [-0.05, 0) is 11.8 Å². The summed E-state index contributed by atoms with van der Waals surface area (Å²) < 4.78 is 4.25. The van der Waals surface area contributed by atoms with Crippen LogP contribution < -0.4 is 4.40 Å². The largest absolute Gasteiger partial charge is 0.305 e. The van der Waals surface area contributed by atoms with E-state index in [1.54, 1.807) is 10.6 Å². The van der Waals surface area contributed by atoms with Crippen LogP contribution in [0.25, 0.3) is 42.7 Å². The zero-order valence-corrected chi connectivity index (χ0v) is 28.3. The van der Waals surface area contributed by atoms with Crippen molar-refractivity contribution < 1.29 is 20.1 Å². The van der Waals surface area contributed by atoms with Crippen molar-refractivity contribution in [3.8, 4) is 22.5 Å². The summed E-state index contributed by atoms with van der Waals surface area (Å²) in [5.41, 5.74) is 5.49. The molecular weight excluding hydrogens is 733 g/mol. The molecule has 0 amide bonds. The van der Waals surface area contributed by atoms with Crippen LogP contribution in [-0.2, 0) is 20.1 Å². The van der Waals surface area contributed by atoms with Crippen molar-refractivity contribution >= 4 is 49.2 Å². The summed E-state index contributed by atoms with van der Waals surface area (Å²) in [5.74, 6) is 7.86. The summed E-state index contributed by atoms with van der Waals surface area (Å²) >= 11 is 0.0614. The molecular formula is C34H32GeIrN2S-2. The fourth-order valence-electron chi connectivity index (χ4n) is 4.42. The van der Waals surface area contributed by atoms with Gasteiger partial charge in [-0.1, -0.05) is 12.1 Å². The van der Waals surface area contributed by atoms with E-state index in [1.807, 2.05) is 66.1 Å². The summed E-state index contributed by atoms with van der Waals surface area (Å²) in [5, 5.41) is 2.68. The van der Waals surface area contributed by atoms with Crippen molar-refractivity contribution in [1.82, 2.24) is 9.97 Å². The van der Waals surface area contributed by atoms with E-state index in [9.17, 15) is 0 Å². The number of aromatic nitrogens is 2. The van der Waals surface area contributed by atoms with Gasteiger partial charge in [-0.15, -0.1) is 35.9 Å². The van der Waals surface area contributed by atoms with Gasteiger partial charge in [0.1, 0.15) is 0 Å². The second kappa shape index (κ2) is 12.7. The minimum atomic E-state index is -1.82. The molecule has 0 aliphatic carbocycles. The Labute approximate surface area is 252 Å². The second-order valence-electron chi connectivity index (χ2n) is 10.8. The van der Waals surface area contributed by atoms with Crippen LogP contribution in [0.4, 0.5) is 0 Å². The Morgan fingerprint density at radius 3 is 2.23 bits per heavy atom. The third-order valence-corrected chi connectivity index (χ3v) is 12.1. The molecule has 39 heavy (non-hydrogen) atoms. The monoisotopic (exact) mass is 767 g/mol. The zero-order valence-electron chi connectivity index (χ0n) is 23.0. The molecule has 3 heterocycles. The number of fused-ring (bicyclic) bond motifs is 3. The third-order valence-electron chi connectivity index (χ3n) is 6.66. The molecule has 1 radical (unpaired) electrons. The molecule has 0 saturated heterocycles. The van der Waals surface area contributed by atoms with E-state index in [2.05, 4.69) is 89.6 Å². The van der Waals surface area contributed by atoms with Gasteiger partial charge in [0.2, 0.25) is 0 Å². The van der Waals surface area contributed by atoms with E-state index >= 15 is 0 Å². The van der Waals surface area contributed by atoms with Crippen molar-refractivity contribution in [2.75, 3.05) is 0 Å². The van der Waals surface area contributed by atoms with E-state index in [1.165, 1.54) is 25.7 Å². The average Bonchev–Trinajstić information content (AvgIpc) is 3.32. The number of thiophene rings is 1. The van der Waals surface area contributed by atoms with Crippen LogP contribution in [0.3, 0.4) is 0 Å². The first-order valence-electron chi connectivity index (χ1n) is 13.0. The van der Waals surface area contributed by atoms with Crippen LogP contribution in [0.15, 0.2) is 97.3 Å². The topological polar surface area (TPSA) is 25.8 Å². The van der Waals surface area contributed by atoms with Gasteiger partial charge in [-0.3, -0.25) is 0 Å². The zero-order chi connectivity index (χ0) is 26.7. The Bertz CT molecular complexity index is 1640. The molecule has 3 aromatic heterocycles. The second-order valence-corrected chi connectivity index (χ2v) is 22.5. The maximum absolute atomic E-state index is 4.65. The quantitative estimate of drug-likeness (QED) is 0.132. The van der Waals surface area contributed by atoms with Crippen molar-refractivity contribution in [2.24, 2.45) is 0 Å². The van der Waals surface area contributed by atoms with Gasteiger partial charge in [-0.2, -0.15) is 0 Å². The SMILES string of the molecule is CC(C)c1ccnc(-c2[c-]ccc3c2sc2c[c]([Ge]([CH3])([CH3])[CH3])ccc23)c1.[Ir].[c-]1ccccc1-c1ccccn1. The van der Waals surface area contributed by atoms with Crippen LogP contribution in [-0.4, -0.2) is 23.2 Å². The summed E-state index contributed by atoms with van der Waals surface area (Å²) in [7, 11) is 0. The Hall–Kier alpha value is -2.63. The molecule has 0 bridgehead atoms. The van der Waals surface area contributed by atoms with E-state index in [0.717, 1.165) is 22.5 Å². The summed E-state index contributed by atoms with van der Waals surface area (Å²) in [4.78, 5) is 8.87. The molecule has 0 saturated carbocycles. The van der Waals surface area contributed by atoms with E-state index in [4.69, 9.17) is 0 Å². The van der Waals surface area contributed by atoms with E-state index < -0.39 is 13.3 Å². The normalized spacial score (nSPS) is 11.2. The van der Waals surface area contributed by atoms with Crippen molar-refractivity contribution in [3.63, 3.8) is 0 Å². The van der Waals surface area contributed by atoms with Crippen LogP contribution >= 0.6 is 11.3 Å². The molecule has 0 fully saturated rings. The Morgan fingerprint density at radius 1 is 0.744 bits per heavy atom. The predicted octanol–water partition coefficient (Wildman–Crippen LogP) is 9.13. The first-order chi connectivity index (χ1) is 18.3. The fraction of sp³-hybridized carbons (Fsp3) is 0.176. The number of rotatable bonds is 4. The van der Waals surface area contributed by atoms with Crippen LogP contribution in [0.5, 0.6) is 0 Å². The minimum absolute atomic E-state index is 0. The molecule has 0 aliphatic rings. The maximum Gasteiger partial charge on any atom is 0.0160 e. The molecule has 0 unspecified atom stereocenters. The molecule has 6 rings (SSSR count). The van der Waals surface area contributed by atoms with Gasteiger partial charge in [0.25, 0.3) is 0 Å². The standard InChI is InChI=1S/C23H24GeNS.C11H8N.Ir/c1-15(2)16-11-12-25-21(13-16)20-8-6-7-19-18-10-9-17(24(3,4)5)14-22(18)26-23(19)20;1-2-6-10(7-3-1)11-8-4-5-9-12-11;/h6-7,9-15H,1-5H3;1-6,8-9H;/q2*-1;. The van der Waals surface area contributed by atoms with Gasteiger partial charge >= 0.3 is 163 Å². The molecule has 199 valence electrons. The van der Waals surface area contributed by atoms with E-state index in [0.29, 0.717) is 5.92 Å². The molecule has 0 N–H and O–H groups in total. The number of hydrogen-bond acceptors (Lipinski definition) is 3.